The molecule has 0 unspecified atom stereocenters. The van der Waals surface area contributed by atoms with E-state index in [4.69, 9.17) is 27.9 Å². The Morgan fingerprint density at radius 3 is 2.61 bits per heavy atom. The molecule has 8 nitrogen and oxygen atoms in total. The van der Waals surface area contributed by atoms with Crippen molar-refractivity contribution in [1.82, 2.24) is 15.0 Å². The van der Waals surface area contributed by atoms with E-state index >= 15 is 0 Å². The van der Waals surface area contributed by atoms with Gasteiger partial charge in [-0.15, -0.1) is 0 Å². The summed E-state index contributed by atoms with van der Waals surface area (Å²) in [5.41, 5.74) is 4.42. The number of nitrogens with one attached hydrogen (secondary N) is 2. The Bertz CT molecular complexity index is 1090. The van der Waals surface area contributed by atoms with Crippen molar-refractivity contribution in [2.75, 3.05) is 41.9 Å². The van der Waals surface area contributed by atoms with Crippen LogP contribution in [0.4, 0.5) is 23.5 Å². The first kappa shape index (κ1) is 21.8. The third-order valence-corrected chi connectivity index (χ3v) is 5.38. The molecule has 11 heteroatoms. The van der Waals surface area contributed by atoms with E-state index in [9.17, 15) is 0 Å². The molecule has 0 spiro atoms. The van der Waals surface area contributed by atoms with Crippen LogP contribution in [0.15, 0.2) is 52.0 Å². The first-order chi connectivity index (χ1) is 15.1. The van der Waals surface area contributed by atoms with Crippen molar-refractivity contribution in [2.24, 2.45) is 5.10 Å². The van der Waals surface area contributed by atoms with Crippen molar-refractivity contribution < 1.29 is 4.74 Å². The highest BCUT2D eigenvalue weighted by molar-refractivity contribution is 9.10. The minimum atomic E-state index is 0.301. The minimum absolute atomic E-state index is 0.301. The molecule has 31 heavy (non-hydrogen) atoms. The third-order valence-electron chi connectivity index (χ3n) is 4.33. The van der Waals surface area contributed by atoms with Gasteiger partial charge in [0.25, 0.3) is 0 Å². The molecule has 160 valence electrons. The summed E-state index contributed by atoms with van der Waals surface area (Å²) in [6.07, 6.45) is 1.58. The molecule has 4 rings (SSSR count). The van der Waals surface area contributed by atoms with Gasteiger partial charge in [-0.05, 0) is 30.3 Å². The fraction of sp³-hybridized carbons (Fsp3) is 0.200. The number of hydrogen-bond acceptors (Lipinski definition) is 8. The number of aromatic nitrogens is 3. The van der Waals surface area contributed by atoms with E-state index < -0.39 is 0 Å². The number of nitrogens with zero attached hydrogens (tertiary/aromatic N) is 5. The molecule has 1 aliphatic rings. The molecule has 0 atom stereocenters. The van der Waals surface area contributed by atoms with Gasteiger partial charge in [0.2, 0.25) is 17.8 Å². The Morgan fingerprint density at radius 2 is 1.84 bits per heavy atom. The lowest BCUT2D eigenvalue weighted by atomic mass is 10.2. The van der Waals surface area contributed by atoms with Crippen molar-refractivity contribution >= 4 is 68.9 Å². The summed E-state index contributed by atoms with van der Waals surface area (Å²) in [4.78, 5) is 15.5. The number of rotatable bonds is 6. The smallest absolute Gasteiger partial charge is 0.250 e. The summed E-state index contributed by atoms with van der Waals surface area (Å²) < 4.78 is 6.38. The van der Waals surface area contributed by atoms with Crippen LogP contribution in [0.25, 0.3) is 0 Å². The van der Waals surface area contributed by atoms with Crippen LogP contribution in [0, 0.1) is 0 Å². The highest BCUT2D eigenvalue weighted by Gasteiger charge is 2.16. The zero-order chi connectivity index (χ0) is 21.6. The molecule has 0 aliphatic carbocycles. The van der Waals surface area contributed by atoms with Crippen LogP contribution in [0.3, 0.4) is 0 Å². The van der Waals surface area contributed by atoms with Gasteiger partial charge in [-0.3, -0.25) is 0 Å². The molecule has 2 N–H and O–H groups in total. The Balaban J connectivity index is 1.58. The lowest BCUT2D eigenvalue weighted by molar-refractivity contribution is 0.122. The molecule has 0 radical (unpaired) electrons. The maximum absolute atomic E-state index is 6.19. The van der Waals surface area contributed by atoms with Gasteiger partial charge in [-0.1, -0.05) is 51.3 Å². The van der Waals surface area contributed by atoms with Gasteiger partial charge in [0.15, 0.2) is 0 Å². The number of ether oxygens (including phenoxy) is 1. The van der Waals surface area contributed by atoms with Gasteiger partial charge in [-0.2, -0.15) is 20.1 Å². The Labute approximate surface area is 197 Å². The minimum Gasteiger partial charge on any atom is -0.378 e. The summed E-state index contributed by atoms with van der Waals surface area (Å²) in [5.74, 6) is 1.24. The molecule has 1 fully saturated rings. The third kappa shape index (κ3) is 6.04. The van der Waals surface area contributed by atoms with Crippen LogP contribution in [0.2, 0.25) is 10.0 Å². The molecule has 0 saturated carbocycles. The number of anilines is 4. The van der Waals surface area contributed by atoms with E-state index in [1.165, 1.54) is 0 Å². The summed E-state index contributed by atoms with van der Waals surface area (Å²) in [5, 5.41) is 8.49. The average Bonchev–Trinajstić information content (AvgIpc) is 2.76. The lowest BCUT2D eigenvalue weighted by Crippen LogP contribution is -2.37. The van der Waals surface area contributed by atoms with Gasteiger partial charge in [0, 0.05) is 33.8 Å². The second-order valence-corrected chi connectivity index (χ2v) is 8.31. The van der Waals surface area contributed by atoms with Gasteiger partial charge >= 0.3 is 0 Å². The summed E-state index contributed by atoms with van der Waals surface area (Å²) >= 11 is 15.6. The molecule has 2 aromatic carbocycles. The lowest BCUT2D eigenvalue weighted by Gasteiger charge is -2.27. The maximum atomic E-state index is 6.19. The molecule has 2 heterocycles. The normalized spacial score (nSPS) is 14.1. The van der Waals surface area contributed by atoms with Gasteiger partial charge in [-0.25, -0.2) is 5.43 Å². The molecular weight excluding hydrogens is 505 g/mol. The van der Waals surface area contributed by atoms with Crippen molar-refractivity contribution in [3.05, 3.63) is 62.5 Å². The van der Waals surface area contributed by atoms with E-state index in [2.05, 4.69) is 46.7 Å². The number of hydrazone groups is 1. The standard InChI is InChI=1S/C20H18BrCl2N7O/c21-14-2-1-3-16(10-14)25-18-26-19(28-20(27-18)30-6-8-31-9-7-30)29-24-12-13-4-5-15(22)11-17(13)23/h1-5,10-12H,6-9H2,(H2,25,26,27,28,29)/b24-12-. The summed E-state index contributed by atoms with van der Waals surface area (Å²) in [6, 6.07) is 12.9. The zero-order valence-corrected chi connectivity index (χ0v) is 19.3. The number of hydrogen-bond donors (Lipinski definition) is 2. The highest BCUT2D eigenvalue weighted by atomic mass is 79.9. The maximum Gasteiger partial charge on any atom is 0.250 e. The van der Waals surface area contributed by atoms with Crippen LogP contribution in [-0.2, 0) is 4.74 Å². The number of halogens is 3. The number of benzene rings is 2. The molecular formula is C20H18BrCl2N7O. The van der Waals surface area contributed by atoms with Crippen LogP contribution in [0.5, 0.6) is 0 Å². The fourth-order valence-electron chi connectivity index (χ4n) is 2.84. The predicted octanol–water partition coefficient (Wildman–Crippen LogP) is 4.97. The van der Waals surface area contributed by atoms with Crippen molar-refractivity contribution in [3.63, 3.8) is 0 Å². The van der Waals surface area contributed by atoms with Gasteiger partial charge < -0.3 is 15.0 Å². The van der Waals surface area contributed by atoms with Crippen LogP contribution >= 0.6 is 39.1 Å². The number of morpholine rings is 1. The summed E-state index contributed by atoms with van der Waals surface area (Å²) in [7, 11) is 0. The quantitative estimate of drug-likeness (QED) is 0.349. The Kier molecular flexibility index (Phi) is 7.18. The summed E-state index contributed by atoms with van der Waals surface area (Å²) in [6.45, 7) is 2.64. The van der Waals surface area contributed by atoms with Crippen molar-refractivity contribution in [3.8, 4) is 0 Å². The molecule has 1 aromatic heterocycles. The first-order valence-electron chi connectivity index (χ1n) is 9.42. The Hall–Kier alpha value is -2.46. The molecule has 1 saturated heterocycles. The zero-order valence-electron chi connectivity index (χ0n) is 16.2. The predicted molar refractivity (Wildman–Crippen MR) is 128 cm³/mol. The topological polar surface area (TPSA) is 87.6 Å². The van der Waals surface area contributed by atoms with E-state index in [1.54, 1.807) is 24.4 Å². The monoisotopic (exact) mass is 521 g/mol. The molecule has 0 amide bonds. The average molecular weight is 523 g/mol. The van der Waals surface area contributed by atoms with Gasteiger partial charge in [0.1, 0.15) is 0 Å². The van der Waals surface area contributed by atoms with E-state index in [0.717, 1.165) is 10.2 Å². The Morgan fingerprint density at radius 1 is 1.03 bits per heavy atom. The second-order valence-electron chi connectivity index (χ2n) is 6.55. The van der Waals surface area contributed by atoms with Crippen molar-refractivity contribution in [1.29, 1.82) is 0 Å². The van der Waals surface area contributed by atoms with Crippen LogP contribution < -0.4 is 15.6 Å². The second kappa shape index (κ2) is 10.2. The molecule has 1 aliphatic heterocycles. The van der Waals surface area contributed by atoms with Crippen LogP contribution in [-0.4, -0.2) is 47.5 Å². The first-order valence-corrected chi connectivity index (χ1v) is 11.0. The largest absolute Gasteiger partial charge is 0.378 e. The van der Waals surface area contributed by atoms with E-state index in [1.807, 2.05) is 29.2 Å². The molecule has 3 aromatic rings. The van der Waals surface area contributed by atoms with Crippen molar-refractivity contribution in [2.45, 2.75) is 0 Å². The van der Waals surface area contributed by atoms with Crippen LogP contribution in [0.1, 0.15) is 5.56 Å². The van der Waals surface area contributed by atoms with Gasteiger partial charge in [0.05, 0.1) is 24.5 Å². The SMILES string of the molecule is Clc1ccc(/C=N\Nc2nc(Nc3cccc(Br)c3)nc(N3CCOCC3)n2)c(Cl)c1. The molecule has 0 bridgehead atoms. The van der Waals surface area contributed by atoms with E-state index in [0.29, 0.717) is 59.8 Å². The fourth-order valence-corrected chi connectivity index (χ4v) is 3.69. The highest BCUT2D eigenvalue weighted by Crippen LogP contribution is 2.22. The van der Waals surface area contributed by atoms with E-state index in [-0.39, 0.29) is 0 Å².